The van der Waals surface area contributed by atoms with Gasteiger partial charge in [-0.3, -0.25) is 24.2 Å². The lowest BCUT2D eigenvalue weighted by Crippen LogP contribution is -2.48. The van der Waals surface area contributed by atoms with Crippen LogP contribution >= 0.6 is 0 Å². The molecule has 1 N–H and O–H groups in total. The van der Waals surface area contributed by atoms with Gasteiger partial charge in [0.15, 0.2) is 0 Å². The van der Waals surface area contributed by atoms with E-state index in [4.69, 9.17) is 9.47 Å². The van der Waals surface area contributed by atoms with E-state index in [2.05, 4.69) is 17.4 Å². The smallest absolute Gasteiger partial charge is 0.410 e. The summed E-state index contributed by atoms with van der Waals surface area (Å²) >= 11 is 0. The molecule has 1 fully saturated rings. The highest BCUT2D eigenvalue weighted by Crippen LogP contribution is 2.31. The van der Waals surface area contributed by atoms with Crippen molar-refractivity contribution < 1.29 is 33.4 Å². The Morgan fingerprint density at radius 1 is 1.02 bits per heavy atom. The first-order valence-corrected chi connectivity index (χ1v) is 16.3. The van der Waals surface area contributed by atoms with Gasteiger partial charge in [-0.15, -0.1) is 0 Å². The number of carbonyl (C=O) groups excluding carboxylic acids is 5. The van der Waals surface area contributed by atoms with E-state index < -0.39 is 23.6 Å². The molecule has 2 aromatic carbocycles. The van der Waals surface area contributed by atoms with Crippen LogP contribution in [0.25, 0.3) is 0 Å². The lowest BCUT2D eigenvalue weighted by atomic mass is 10.1. The number of rotatable bonds is 12. The van der Waals surface area contributed by atoms with E-state index in [0.717, 1.165) is 5.56 Å². The molecule has 0 saturated carbocycles. The maximum absolute atomic E-state index is 13.7. The van der Waals surface area contributed by atoms with Gasteiger partial charge in [-0.2, -0.15) is 0 Å². The molecule has 2 aliphatic heterocycles. The van der Waals surface area contributed by atoms with Crippen molar-refractivity contribution in [3.05, 3.63) is 59.2 Å². The van der Waals surface area contributed by atoms with Crippen LogP contribution in [0.2, 0.25) is 0 Å². The number of aryl methyl sites for hydroxylation is 1. The van der Waals surface area contributed by atoms with Gasteiger partial charge in [0.25, 0.3) is 5.91 Å². The van der Waals surface area contributed by atoms with Gasteiger partial charge >= 0.3 is 12.1 Å². The van der Waals surface area contributed by atoms with Gasteiger partial charge in [-0.1, -0.05) is 24.3 Å². The second-order valence-corrected chi connectivity index (χ2v) is 13.2. The number of benzene rings is 2. The molecule has 260 valence electrons. The minimum Gasteiger partial charge on any atom is -0.469 e. The Balaban J connectivity index is 1.48. The van der Waals surface area contributed by atoms with Gasteiger partial charge in [-0.25, -0.2) is 9.80 Å². The number of esters is 1. The molecule has 2 aliphatic rings. The van der Waals surface area contributed by atoms with Crippen molar-refractivity contribution >= 4 is 41.2 Å². The molecule has 1 saturated heterocycles. The number of hydrazine groups is 1. The quantitative estimate of drug-likeness (QED) is 0.340. The molecule has 1 atom stereocenters. The number of hydrogen-bond acceptors (Lipinski definition) is 9. The van der Waals surface area contributed by atoms with Crippen molar-refractivity contribution in [2.75, 3.05) is 63.2 Å². The highest BCUT2D eigenvalue weighted by atomic mass is 16.6. The van der Waals surface area contributed by atoms with Gasteiger partial charge in [0.2, 0.25) is 11.8 Å². The third-order valence-electron chi connectivity index (χ3n) is 8.50. The van der Waals surface area contributed by atoms with E-state index in [9.17, 15) is 24.0 Å². The van der Waals surface area contributed by atoms with Crippen LogP contribution in [0.4, 0.5) is 16.2 Å². The summed E-state index contributed by atoms with van der Waals surface area (Å²) in [5, 5.41) is 6.44. The van der Waals surface area contributed by atoms with Crippen molar-refractivity contribution in [1.82, 2.24) is 20.2 Å². The molecule has 2 aromatic rings. The summed E-state index contributed by atoms with van der Waals surface area (Å²) in [4.78, 5) is 69.1. The first kappa shape index (κ1) is 36.2. The summed E-state index contributed by atoms with van der Waals surface area (Å²) in [7, 11) is 3.04. The SMILES string of the molecule is CCN(CCNC(=O)CN(CC(=O)N(C)N1Cc2ccccc2C1)c1ccc(N2CC(C(=O)OC)CC2=O)cc1C)C(=O)OC(C)(C)C. The monoisotopic (exact) mass is 664 g/mol. The van der Waals surface area contributed by atoms with E-state index in [0.29, 0.717) is 31.0 Å². The van der Waals surface area contributed by atoms with Crippen LogP contribution in [0.3, 0.4) is 0 Å². The first-order chi connectivity index (χ1) is 22.7. The lowest BCUT2D eigenvalue weighted by Gasteiger charge is -2.32. The molecule has 0 aliphatic carbocycles. The molecular weight excluding hydrogens is 616 g/mol. The molecule has 4 amide bonds. The summed E-state index contributed by atoms with van der Waals surface area (Å²) < 4.78 is 10.3. The first-order valence-electron chi connectivity index (χ1n) is 16.3. The molecular formula is C35H48N6O7. The Hall–Kier alpha value is -4.65. The highest BCUT2D eigenvalue weighted by molar-refractivity contribution is 5.99. The fraction of sp³-hybridized carbons (Fsp3) is 0.514. The molecule has 1 unspecified atom stereocenters. The summed E-state index contributed by atoms with van der Waals surface area (Å²) in [6, 6.07) is 13.4. The molecule has 4 rings (SSSR count). The van der Waals surface area contributed by atoms with Crippen LogP contribution in [0, 0.1) is 12.8 Å². The molecule has 0 radical (unpaired) electrons. The fourth-order valence-electron chi connectivity index (χ4n) is 5.89. The lowest BCUT2D eigenvalue weighted by molar-refractivity contribution is -0.145. The minimum atomic E-state index is -0.635. The average molecular weight is 665 g/mol. The Labute approximate surface area is 282 Å². The van der Waals surface area contributed by atoms with E-state index in [1.807, 2.05) is 37.1 Å². The van der Waals surface area contributed by atoms with Crippen LogP contribution in [0.15, 0.2) is 42.5 Å². The molecule has 0 aromatic heterocycles. The molecule has 13 nitrogen and oxygen atoms in total. The third kappa shape index (κ3) is 9.03. The maximum atomic E-state index is 13.7. The van der Waals surface area contributed by atoms with E-state index in [1.165, 1.54) is 23.1 Å². The molecule has 13 heteroatoms. The number of ether oxygens (including phenoxy) is 2. The zero-order chi connectivity index (χ0) is 35.2. The van der Waals surface area contributed by atoms with Crippen LogP contribution in [0.1, 0.15) is 50.8 Å². The number of anilines is 2. The van der Waals surface area contributed by atoms with Crippen molar-refractivity contribution in [1.29, 1.82) is 0 Å². The number of methoxy groups -OCH3 is 1. The van der Waals surface area contributed by atoms with Gasteiger partial charge in [-0.05, 0) is 69.5 Å². The zero-order valence-corrected chi connectivity index (χ0v) is 29.1. The van der Waals surface area contributed by atoms with Crippen LogP contribution in [0.5, 0.6) is 0 Å². The third-order valence-corrected chi connectivity index (χ3v) is 8.50. The number of fused-ring (bicyclic) bond motifs is 1. The number of carbonyl (C=O) groups is 5. The van der Waals surface area contributed by atoms with Crippen LogP contribution in [-0.4, -0.2) is 104 Å². The summed E-state index contributed by atoms with van der Waals surface area (Å²) in [5.41, 5.74) is 3.72. The van der Waals surface area contributed by atoms with Crippen molar-refractivity contribution in [3.63, 3.8) is 0 Å². The van der Waals surface area contributed by atoms with E-state index >= 15 is 0 Å². The van der Waals surface area contributed by atoms with Gasteiger partial charge in [0.05, 0.1) is 26.1 Å². The Morgan fingerprint density at radius 3 is 2.27 bits per heavy atom. The largest absolute Gasteiger partial charge is 0.469 e. The second kappa shape index (κ2) is 15.5. The predicted molar refractivity (Wildman–Crippen MR) is 181 cm³/mol. The van der Waals surface area contributed by atoms with Crippen LogP contribution < -0.4 is 15.1 Å². The van der Waals surface area contributed by atoms with Crippen LogP contribution in [-0.2, 0) is 41.7 Å². The van der Waals surface area contributed by atoms with E-state index in [1.54, 1.807) is 54.8 Å². The van der Waals surface area contributed by atoms with Gasteiger partial charge in [0, 0.05) is 64.1 Å². The minimum absolute atomic E-state index is 0.0738. The zero-order valence-electron chi connectivity index (χ0n) is 29.1. The number of nitrogens with zero attached hydrogens (tertiary/aromatic N) is 5. The molecule has 0 bridgehead atoms. The summed E-state index contributed by atoms with van der Waals surface area (Å²) in [6.07, 6.45) is -0.381. The number of hydrogen-bond donors (Lipinski definition) is 1. The van der Waals surface area contributed by atoms with Crippen molar-refractivity contribution in [2.45, 2.75) is 59.7 Å². The molecule has 0 spiro atoms. The molecule has 2 heterocycles. The number of likely N-dealkylation sites (N-methyl/N-ethyl adjacent to an activating group) is 2. The average Bonchev–Trinajstić information content (AvgIpc) is 3.64. The fourth-order valence-corrected chi connectivity index (χ4v) is 5.89. The van der Waals surface area contributed by atoms with Crippen molar-refractivity contribution in [3.8, 4) is 0 Å². The molecule has 48 heavy (non-hydrogen) atoms. The highest BCUT2D eigenvalue weighted by Gasteiger charge is 2.36. The summed E-state index contributed by atoms with van der Waals surface area (Å²) in [5.74, 6) is -1.65. The predicted octanol–water partition coefficient (Wildman–Crippen LogP) is 3.09. The normalized spacial score (nSPS) is 15.9. The van der Waals surface area contributed by atoms with Gasteiger partial charge in [0.1, 0.15) is 5.60 Å². The maximum Gasteiger partial charge on any atom is 0.410 e. The Bertz CT molecular complexity index is 1500. The number of nitrogens with one attached hydrogen (secondary N) is 1. The summed E-state index contributed by atoms with van der Waals surface area (Å²) in [6.45, 7) is 11.2. The number of amides is 4. The van der Waals surface area contributed by atoms with Crippen molar-refractivity contribution in [2.24, 2.45) is 5.92 Å². The Kier molecular flexibility index (Phi) is 11.7. The van der Waals surface area contributed by atoms with E-state index in [-0.39, 0.29) is 56.9 Å². The topological polar surface area (TPSA) is 132 Å². The standard InChI is InChI=1S/C35H48N6O7/c1-8-38(34(46)48-35(3,4)5)16-15-36-30(42)22-39(23-32(44)37(6)40-19-25-11-9-10-12-26(25)20-40)29-14-13-28(17-24(29)2)41-21-27(18-31(41)43)33(45)47-7/h9-14,17,27H,8,15-16,18-23H2,1-7H3,(H,36,42). The second-order valence-electron chi connectivity index (χ2n) is 13.2. The van der Waals surface area contributed by atoms with Gasteiger partial charge < -0.3 is 29.5 Å². The Morgan fingerprint density at radius 2 is 1.69 bits per heavy atom.